The minimum Gasteiger partial charge on any atom is -0.366 e. The van der Waals surface area contributed by atoms with E-state index in [0.29, 0.717) is 6.04 Å². The van der Waals surface area contributed by atoms with Crippen LogP contribution in [0.25, 0.3) is 0 Å². The van der Waals surface area contributed by atoms with Crippen molar-refractivity contribution < 1.29 is 4.39 Å². The lowest BCUT2D eigenvalue weighted by Gasteiger charge is -2.29. The molecule has 1 aromatic rings. The monoisotopic (exact) mass is 278 g/mol. The molecule has 1 fully saturated rings. The fraction of sp³-hybridized carbons (Fsp3) is 0.647. The molecule has 1 unspecified atom stereocenters. The minimum absolute atomic E-state index is 0.111. The summed E-state index contributed by atoms with van der Waals surface area (Å²) in [5.41, 5.74) is 7.68. The van der Waals surface area contributed by atoms with Crippen LogP contribution in [0.5, 0.6) is 0 Å². The number of halogens is 1. The van der Waals surface area contributed by atoms with Gasteiger partial charge in [0.05, 0.1) is 5.69 Å². The second-order valence-electron chi connectivity index (χ2n) is 6.35. The number of anilines is 1. The molecule has 1 aliphatic rings. The summed E-state index contributed by atoms with van der Waals surface area (Å²) in [6, 6.07) is 6.06. The van der Waals surface area contributed by atoms with E-state index in [9.17, 15) is 4.39 Å². The Balaban J connectivity index is 2.13. The molecule has 0 amide bonds. The first-order valence-corrected chi connectivity index (χ1v) is 7.81. The predicted molar refractivity (Wildman–Crippen MR) is 83.6 cm³/mol. The van der Waals surface area contributed by atoms with Gasteiger partial charge in [-0.2, -0.15) is 0 Å². The summed E-state index contributed by atoms with van der Waals surface area (Å²) in [6.07, 6.45) is 4.24. The molecule has 2 N–H and O–H groups in total. The maximum atomic E-state index is 14.4. The van der Waals surface area contributed by atoms with Crippen molar-refractivity contribution in [3.05, 3.63) is 29.6 Å². The smallest absolute Gasteiger partial charge is 0.146 e. The van der Waals surface area contributed by atoms with Gasteiger partial charge in [-0.25, -0.2) is 4.39 Å². The fourth-order valence-electron chi connectivity index (χ4n) is 2.52. The molecular weight excluding hydrogens is 251 g/mol. The van der Waals surface area contributed by atoms with Crippen molar-refractivity contribution in [3.8, 4) is 0 Å². The van der Waals surface area contributed by atoms with Crippen LogP contribution in [0.2, 0.25) is 0 Å². The van der Waals surface area contributed by atoms with E-state index in [-0.39, 0.29) is 11.9 Å². The first kappa shape index (κ1) is 15.3. The van der Waals surface area contributed by atoms with Gasteiger partial charge in [-0.3, -0.25) is 0 Å². The van der Waals surface area contributed by atoms with Crippen molar-refractivity contribution in [1.29, 1.82) is 0 Å². The normalized spacial score (nSPS) is 16.5. The van der Waals surface area contributed by atoms with Crippen LogP contribution in [-0.2, 0) is 6.42 Å². The molecule has 3 heteroatoms. The molecule has 1 aliphatic carbocycles. The number of nitrogens with two attached hydrogens (primary N) is 1. The SMILES string of the molecule is CCC(N)Cc1ccc(N(CC2CC2)C(C)C)c(F)c1. The second-order valence-corrected chi connectivity index (χ2v) is 6.35. The summed E-state index contributed by atoms with van der Waals surface area (Å²) in [5, 5.41) is 0. The highest BCUT2D eigenvalue weighted by Crippen LogP contribution is 2.33. The molecule has 0 bridgehead atoms. The van der Waals surface area contributed by atoms with Crippen molar-refractivity contribution in [3.63, 3.8) is 0 Å². The molecule has 0 spiro atoms. The van der Waals surface area contributed by atoms with Crippen molar-refractivity contribution >= 4 is 5.69 Å². The largest absolute Gasteiger partial charge is 0.366 e. The summed E-state index contributed by atoms with van der Waals surface area (Å²) >= 11 is 0. The molecule has 20 heavy (non-hydrogen) atoms. The molecule has 1 aromatic carbocycles. The molecule has 1 atom stereocenters. The Morgan fingerprint density at radius 1 is 1.35 bits per heavy atom. The minimum atomic E-state index is -0.111. The highest BCUT2D eigenvalue weighted by molar-refractivity contribution is 5.50. The number of rotatable bonds is 7. The molecule has 0 saturated heterocycles. The summed E-state index contributed by atoms with van der Waals surface area (Å²) in [5.74, 6) is 0.644. The number of hydrogen-bond acceptors (Lipinski definition) is 2. The molecule has 0 aliphatic heterocycles. The lowest BCUT2D eigenvalue weighted by atomic mass is 10.0. The quantitative estimate of drug-likeness (QED) is 0.823. The van der Waals surface area contributed by atoms with Gasteiger partial charge in [0, 0.05) is 18.6 Å². The maximum Gasteiger partial charge on any atom is 0.146 e. The summed E-state index contributed by atoms with van der Waals surface area (Å²) in [7, 11) is 0. The fourth-order valence-corrected chi connectivity index (χ4v) is 2.52. The molecular formula is C17H27FN2. The number of benzene rings is 1. The van der Waals surface area contributed by atoms with Crippen molar-refractivity contribution in [2.24, 2.45) is 11.7 Å². The van der Waals surface area contributed by atoms with Crippen LogP contribution < -0.4 is 10.6 Å². The second kappa shape index (κ2) is 6.57. The Morgan fingerprint density at radius 3 is 2.55 bits per heavy atom. The van der Waals surface area contributed by atoms with E-state index >= 15 is 0 Å². The zero-order chi connectivity index (χ0) is 14.7. The van der Waals surface area contributed by atoms with Crippen molar-refractivity contribution in [1.82, 2.24) is 0 Å². The third-order valence-electron chi connectivity index (χ3n) is 4.12. The zero-order valence-corrected chi connectivity index (χ0v) is 12.9. The van der Waals surface area contributed by atoms with Crippen LogP contribution >= 0.6 is 0 Å². The Hall–Kier alpha value is -1.09. The average Bonchev–Trinajstić information content (AvgIpc) is 3.20. The van der Waals surface area contributed by atoms with E-state index in [1.807, 2.05) is 12.1 Å². The van der Waals surface area contributed by atoms with E-state index in [0.717, 1.165) is 36.6 Å². The van der Waals surface area contributed by atoms with Gasteiger partial charge in [-0.1, -0.05) is 13.0 Å². The van der Waals surface area contributed by atoms with E-state index < -0.39 is 0 Å². The van der Waals surface area contributed by atoms with Crippen LogP contribution in [-0.4, -0.2) is 18.6 Å². The van der Waals surface area contributed by atoms with Gasteiger partial charge in [0.1, 0.15) is 5.82 Å². The molecule has 0 heterocycles. The Labute approximate surface area is 122 Å². The summed E-state index contributed by atoms with van der Waals surface area (Å²) in [4.78, 5) is 2.19. The molecule has 2 nitrogen and oxygen atoms in total. The van der Waals surface area contributed by atoms with Gasteiger partial charge in [0.25, 0.3) is 0 Å². The van der Waals surface area contributed by atoms with Gasteiger partial charge < -0.3 is 10.6 Å². The Bertz CT molecular complexity index is 441. The van der Waals surface area contributed by atoms with Gasteiger partial charge in [-0.15, -0.1) is 0 Å². The molecule has 2 rings (SSSR count). The molecule has 112 valence electrons. The Kier molecular flexibility index (Phi) is 5.03. The molecule has 1 saturated carbocycles. The van der Waals surface area contributed by atoms with Crippen LogP contribution in [0.4, 0.5) is 10.1 Å². The van der Waals surface area contributed by atoms with Crippen LogP contribution in [0, 0.1) is 11.7 Å². The molecule has 0 radical (unpaired) electrons. The summed E-state index contributed by atoms with van der Waals surface area (Å²) in [6.45, 7) is 7.29. The van der Waals surface area contributed by atoms with E-state index in [4.69, 9.17) is 5.73 Å². The van der Waals surface area contributed by atoms with E-state index in [1.54, 1.807) is 6.07 Å². The van der Waals surface area contributed by atoms with Crippen LogP contribution in [0.3, 0.4) is 0 Å². The van der Waals surface area contributed by atoms with Gasteiger partial charge >= 0.3 is 0 Å². The third kappa shape index (κ3) is 3.95. The maximum absolute atomic E-state index is 14.4. The van der Waals surface area contributed by atoms with Crippen LogP contribution in [0.1, 0.15) is 45.6 Å². The topological polar surface area (TPSA) is 29.3 Å². The Morgan fingerprint density at radius 2 is 2.05 bits per heavy atom. The van der Waals surface area contributed by atoms with Gasteiger partial charge in [0.15, 0.2) is 0 Å². The average molecular weight is 278 g/mol. The van der Waals surface area contributed by atoms with Crippen molar-refractivity contribution in [2.75, 3.05) is 11.4 Å². The first-order valence-electron chi connectivity index (χ1n) is 7.81. The lowest BCUT2D eigenvalue weighted by Crippen LogP contribution is -2.33. The van der Waals surface area contributed by atoms with E-state index in [1.165, 1.54) is 12.8 Å². The highest BCUT2D eigenvalue weighted by Gasteiger charge is 2.26. The van der Waals surface area contributed by atoms with Gasteiger partial charge in [0.2, 0.25) is 0 Å². The number of nitrogens with zero attached hydrogens (tertiary/aromatic N) is 1. The zero-order valence-electron chi connectivity index (χ0n) is 12.9. The van der Waals surface area contributed by atoms with Crippen molar-refractivity contribution in [2.45, 2.75) is 58.5 Å². The first-order chi connectivity index (χ1) is 9.51. The standard InChI is InChI=1S/C17H27FN2/c1-4-15(19)9-14-7-8-17(16(18)10-14)20(12(2)3)11-13-5-6-13/h7-8,10,12-13,15H,4-6,9,11,19H2,1-3H3. The third-order valence-corrected chi connectivity index (χ3v) is 4.12. The lowest BCUT2D eigenvalue weighted by molar-refractivity contribution is 0.583. The number of hydrogen-bond donors (Lipinski definition) is 1. The van der Waals surface area contributed by atoms with E-state index in [2.05, 4.69) is 25.7 Å². The summed E-state index contributed by atoms with van der Waals surface area (Å²) < 4.78 is 14.4. The molecule has 0 aromatic heterocycles. The van der Waals surface area contributed by atoms with Gasteiger partial charge in [-0.05, 0) is 63.1 Å². The predicted octanol–water partition coefficient (Wildman–Crippen LogP) is 3.73. The van der Waals surface area contributed by atoms with Crippen LogP contribution in [0.15, 0.2) is 18.2 Å². The highest BCUT2D eigenvalue weighted by atomic mass is 19.1.